The lowest BCUT2D eigenvalue weighted by molar-refractivity contribution is -0.140. The molecule has 3 rings (SSSR count). The minimum atomic E-state index is -0.565. The van der Waals surface area contributed by atoms with Crippen LogP contribution in [0.25, 0.3) is 0 Å². The quantitative estimate of drug-likeness (QED) is 0.560. The number of Topliss-reactive ketones (excluding diaryl/α,β-unsaturated/α-hetero) is 3. The molecule has 1 aromatic rings. The third-order valence-electron chi connectivity index (χ3n) is 5.79. The zero-order chi connectivity index (χ0) is 20.8. The number of hydrogen-bond acceptors (Lipinski definition) is 5. The third kappa shape index (κ3) is 5.75. The fraction of sp³-hybridized carbons (Fsp3) is 0.565. The van der Waals surface area contributed by atoms with Gasteiger partial charge in [0.2, 0.25) is 5.78 Å². The number of carbonyl (C=O) groups is 4. The summed E-state index contributed by atoms with van der Waals surface area (Å²) in [7, 11) is 0. The Morgan fingerprint density at radius 1 is 1.10 bits per heavy atom. The predicted octanol–water partition coefficient (Wildman–Crippen LogP) is 3.71. The molecule has 2 fully saturated rings. The predicted molar refractivity (Wildman–Crippen MR) is 107 cm³/mol. The number of hydrogen-bond donors (Lipinski definition) is 0. The Labute approximate surface area is 171 Å². The second kappa shape index (κ2) is 9.81. The molecule has 156 valence electrons. The third-order valence-corrected chi connectivity index (χ3v) is 5.79. The SMILES string of the molecule is CCC(=O)C(=O)[C@@H](CC(=O)[C@@H]1CCCN1C(=O)OCc1ccccc1)CC1CC1. The van der Waals surface area contributed by atoms with Gasteiger partial charge in [-0.15, -0.1) is 0 Å². The number of likely N-dealkylation sites (tertiary alicyclic amines) is 1. The van der Waals surface area contributed by atoms with Gasteiger partial charge < -0.3 is 4.74 Å². The van der Waals surface area contributed by atoms with Gasteiger partial charge in [-0.3, -0.25) is 19.3 Å². The van der Waals surface area contributed by atoms with Crippen LogP contribution in [-0.2, 0) is 25.7 Å². The number of ketones is 3. The standard InChI is InChI=1S/C23H29NO5/c1-2-20(25)22(27)18(13-16-10-11-16)14-21(26)19-9-6-12-24(19)23(28)29-15-17-7-4-3-5-8-17/h3-5,7-8,16,18-19H,2,6,9-15H2,1H3/t18-,19+/m1/s1. The summed E-state index contributed by atoms with van der Waals surface area (Å²) in [6.07, 6.45) is 3.71. The lowest BCUT2D eigenvalue weighted by Gasteiger charge is -2.24. The highest BCUT2D eigenvalue weighted by Gasteiger charge is 2.39. The highest BCUT2D eigenvalue weighted by atomic mass is 16.6. The van der Waals surface area contributed by atoms with Crippen molar-refractivity contribution in [3.8, 4) is 0 Å². The molecule has 1 saturated carbocycles. The van der Waals surface area contributed by atoms with Crippen molar-refractivity contribution in [2.24, 2.45) is 11.8 Å². The molecule has 6 nitrogen and oxygen atoms in total. The highest BCUT2D eigenvalue weighted by Crippen LogP contribution is 2.37. The number of amides is 1. The first-order chi connectivity index (χ1) is 14.0. The normalized spacial score (nSPS) is 19.6. The molecule has 2 aliphatic rings. The summed E-state index contributed by atoms with van der Waals surface area (Å²) in [6, 6.07) is 8.82. The Hall–Kier alpha value is -2.50. The molecule has 0 unspecified atom stereocenters. The van der Waals surface area contributed by atoms with E-state index < -0.39 is 29.6 Å². The summed E-state index contributed by atoms with van der Waals surface area (Å²) in [5.74, 6) is -1.08. The second-order valence-corrected chi connectivity index (χ2v) is 8.08. The van der Waals surface area contributed by atoms with Crippen molar-refractivity contribution in [1.29, 1.82) is 0 Å². The van der Waals surface area contributed by atoms with E-state index in [9.17, 15) is 19.2 Å². The number of ether oxygens (including phenoxy) is 1. The smallest absolute Gasteiger partial charge is 0.410 e. The van der Waals surface area contributed by atoms with Crippen molar-refractivity contribution in [2.45, 2.75) is 64.5 Å². The number of rotatable bonds is 10. The summed E-state index contributed by atoms with van der Waals surface area (Å²) in [4.78, 5) is 51.3. The van der Waals surface area contributed by atoms with E-state index in [0.29, 0.717) is 25.3 Å². The first-order valence-corrected chi connectivity index (χ1v) is 10.6. The Morgan fingerprint density at radius 2 is 1.83 bits per heavy atom. The number of carbonyl (C=O) groups excluding carboxylic acids is 4. The Balaban J connectivity index is 1.59. The van der Waals surface area contributed by atoms with Crippen LogP contribution in [0.2, 0.25) is 0 Å². The van der Waals surface area contributed by atoms with Crippen LogP contribution in [-0.4, -0.2) is 40.9 Å². The van der Waals surface area contributed by atoms with Gasteiger partial charge in [0.1, 0.15) is 6.61 Å². The van der Waals surface area contributed by atoms with Crippen molar-refractivity contribution >= 4 is 23.4 Å². The topological polar surface area (TPSA) is 80.8 Å². The Bertz CT molecular complexity index is 756. The molecule has 6 heteroatoms. The van der Waals surface area contributed by atoms with Crippen LogP contribution in [0.15, 0.2) is 30.3 Å². The van der Waals surface area contributed by atoms with Crippen LogP contribution in [0.5, 0.6) is 0 Å². The van der Waals surface area contributed by atoms with Crippen molar-refractivity contribution < 1.29 is 23.9 Å². The Kier molecular flexibility index (Phi) is 7.18. The minimum Gasteiger partial charge on any atom is -0.445 e. The summed E-state index contributed by atoms with van der Waals surface area (Å²) >= 11 is 0. The highest BCUT2D eigenvalue weighted by molar-refractivity contribution is 6.38. The van der Waals surface area contributed by atoms with Gasteiger partial charge in [-0.25, -0.2) is 4.79 Å². The van der Waals surface area contributed by atoms with Crippen LogP contribution in [0.3, 0.4) is 0 Å². The summed E-state index contributed by atoms with van der Waals surface area (Å²) in [5.41, 5.74) is 0.885. The van der Waals surface area contributed by atoms with E-state index in [1.807, 2.05) is 30.3 Å². The molecule has 1 aromatic carbocycles. The average molecular weight is 399 g/mol. The van der Waals surface area contributed by atoms with Crippen LogP contribution in [0.4, 0.5) is 4.79 Å². The van der Waals surface area contributed by atoms with E-state index in [-0.39, 0.29) is 25.2 Å². The van der Waals surface area contributed by atoms with E-state index >= 15 is 0 Å². The van der Waals surface area contributed by atoms with E-state index in [1.165, 1.54) is 4.90 Å². The summed E-state index contributed by atoms with van der Waals surface area (Å²) in [6.45, 7) is 2.29. The van der Waals surface area contributed by atoms with Crippen molar-refractivity contribution in [1.82, 2.24) is 4.90 Å². The lowest BCUT2D eigenvalue weighted by Crippen LogP contribution is -2.42. The average Bonchev–Trinajstić information content (AvgIpc) is 3.42. The molecule has 0 N–H and O–H groups in total. The molecular weight excluding hydrogens is 370 g/mol. The van der Waals surface area contributed by atoms with Crippen molar-refractivity contribution in [3.63, 3.8) is 0 Å². The van der Waals surface area contributed by atoms with Crippen LogP contribution in [0.1, 0.15) is 57.4 Å². The molecule has 1 aliphatic heterocycles. The van der Waals surface area contributed by atoms with Crippen LogP contribution < -0.4 is 0 Å². The maximum absolute atomic E-state index is 12.9. The first-order valence-electron chi connectivity index (χ1n) is 10.6. The van der Waals surface area contributed by atoms with Gasteiger partial charge in [0.05, 0.1) is 6.04 Å². The molecule has 0 bridgehead atoms. The maximum atomic E-state index is 12.9. The van der Waals surface area contributed by atoms with Gasteiger partial charge >= 0.3 is 6.09 Å². The molecule has 0 aromatic heterocycles. The Morgan fingerprint density at radius 3 is 2.48 bits per heavy atom. The molecule has 29 heavy (non-hydrogen) atoms. The van der Waals surface area contributed by atoms with Crippen molar-refractivity contribution in [2.75, 3.05) is 6.54 Å². The number of nitrogens with zero attached hydrogens (tertiary/aromatic N) is 1. The fourth-order valence-corrected chi connectivity index (χ4v) is 3.94. The summed E-state index contributed by atoms with van der Waals surface area (Å²) < 4.78 is 5.39. The fourth-order valence-electron chi connectivity index (χ4n) is 3.94. The van der Waals surface area contributed by atoms with Gasteiger partial charge in [0, 0.05) is 25.3 Å². The lowest BCUT2D eigenvalue weighted by atomic mass is 9.87. The maximum Gasteiger partial charge on any atom is 0.410 e. The largest absolute Gasteiger partial charge is 0.445 e. The van der Waals surface area contributed by atoms with Gasteiger partial charge in [0.15, 0.2) is 11.6 Å². The second-order valence-electron chi connectivity index (χ2n) is 8.08. The zero-order valence-corrected chi connectivity index (χ0v) is 17.0. The van der Waals surface area contributed by atoms with Gasteiger partial charge in [-0.1, -0.05) is 50.1 Å². The van der Waals surface area contributed by atoms with Crippen LogP contribution >= 0.6 is 0 Å². The van der Waals surface area contributed by atoms with E-state index in [2.05, 4.69) is 0 Å². The minimum absolute atomic E-state index is 0.0359. The number of benzene rings is 1. The molecule has 1 heterocycles. The molecule has 2 atom stereocenters. The molecule has 1 aliphatic carbocycles. The van der Waals surface area contributed by atoms with Crippen LogP contribution in [0, 0.1) is 11.8 Å². The molecule has 1 saturated heterocycles. The van der Waals surface area contributed by atoms with Crippen molar-refractivity contribution in [3.05, 3.63) is 35.9 Å². The van der Waals surface area contributed by atoms with E-state index in [1.54, 1.807) is 6.92 Å². The first kappa shape index (κ1) is 21.2. The zero-order valence-electron chi connectivity index (χ0n) is 17.0. The molecule has 1 amide bonds. The molecular formula is C23H29NO5. The molecule has 0 radical (unpaired) electrons. The van der Waals surface area contributed by atoms with Gasteiger partial charge in [0.25, 0.3) is 0 Å². The van der Waals surface area contributed by atoms with Gasteiger partial charge in [-0.2, -0.15) is 0 Å². The van der Waals surface area contributed by atoms with Gasteiger partial charge in [-0.05, 0) is 30.7 Å². The molecule has 0 spiro atoms. The van der Waals surface area contributed by atoms with E-state index in [4.69, 9.17) is 4.74 Å². The van der Waals surface area contributed by atoms with E-state index in [0.717, 1.165) is 24.8 Å². The monoisotopic (exact) mass is 399 g/mol. The summed E-state index contributed by atoms with van der Waals surface area (Å²) in [5, 5.41) is 0.